The van der Waals surface area contributed by atoms with Crippen molar-refractivity contribution in [3.05, 3.63) is 46.6 Å². The van der Waals surface area contributed by atoms with Crippen molar-refractivity contribution in [2.24, 2.45) is 0 Å². The van der Waals surface area contributed by atoms with E-state index in [4.69, 9.17) is 0 Å². The molecule has 3 unspecified atom stereocenters. The fourth-order valence-electron chi connectivity index (χ4n) is 6.06. The molecule has 0 saturated heterocycles. The summed E-state index contributed by atoms with van der Waals surface area (Å²) in [5.74, 6) is 0. The minimum atomic E-state index is -2.03. The molecule has 0 spiro atoms. The Balaban J connectivity index is -0.00000225. The summed E-state index contributed by atoms with van der Waals surface area (Å²) in [6.07, 6.45) is 6.58. The molecule has 1 aromatic rings. The van der Waals surface area contributed by atoms with Gasteiger partial charge in [-0.3, -0.25) is 6.08 Å². The fourth-order valence-corrected chi connectivity index (χ4v) is 15.5. The van der Waals surface area contributed by atoms with E-state index < -0.39 is 16.1 Å². The first-order valence-electron chi connectivity index (χ1n) is 11.7. The summed E-state index contributed by atoms with van der Waals surface area (Å²) in [6, 6.07) is 7.70. The van der Waals surface area contributed by atoms with Gasteiger partial charge in [0.25, 0.3) is 0 Å². The van der Waals surface area contributed by atoms with Crippen molar-refractivity contribution in [1.82, 2.24) is 0 Å². The molecular weight excluding hydrogens is 535 g/mol. The molecule has 2 rings (SSSR count). The molecule has 1 aromatic carbocycles. The van der Waals surface area contributed by atoms with E-state index >= 15 is 0 Å². The van der Waals surface area contributed by atoms with Crippen LogP contribution in [0.1, 0.15) is 73.8 Å². The van der Waals surface area contributed by atoms with E-state index in [9.17, 15) is 0 Å². The summed E-state index contributed by atoms with van der Waals surface area (Å²) in [6.45, 7) is 29.3. The van der Waals surface area contributed by atoms with Crippen molar-refractivity contribution < 1.29 is 58.9 Å². The predicted molar refractivity (Wildman–Crippen MR) is 138 cm³/mol. The Kier molecular flexibility index (Phi) is 16.1. The predicted octanol–water partition coefficient (Wildman–Crippen LogP) is -1.33. The summed E-state index contributed by atoms with van der Waals surface area (Å²) in [4.78, 5) is 0. The minimum absolute atomic E-state index is 0. The van der Waals surface area contributed by atoms with Crippen LogP contribution in [0.25, 0.3) is 0 Å². The number of halogens is 3. The van der Waals surface area contributed by atoms with Crippen molar-refractivity contribution in [1.29, 1.82) is 0 Å². The van der Waals surface area contributed by atoms with Crippen LogP contribution < -0.4 is 47.6 Å². The standard InChI is InChI=1S/C27H45Si2.3ClH.Ti/c1-13-21(5)29(22(6)14-2,27(9)18-20(4)23(7)24(27)8)26-16-19(3)15-25(17-26)28(10,11)12;;;;/h15-17,21-22H,13-14H2,1-12H3;3*1H;/q-1;;;;+4/p-3. The minimum Gasteiger partial charge on any atom is -1.00 e. The van der Waals surface area contributed by atoms with Gasteiger partial charge in [-0.05, 0) is 18.0 Å². The monoisotopic (exact) mass is 578 g/mol. The summed E-state index contributed by atoms with van der Waals surface area (Å²) in [5, 5.41) is 3.38. The van der Waals surface area contributed by atoms with Crippen LogP contribution in [0.3, 0.4) is 0 Å². The second-order valence-electron chi connectivity index (χ2n) is 11.0. The first-order chi connectivity index (χ1) is 13.3. The Morgan fingerprint density at radius 2 is 1.24 bits per heavy atom. The molecule has 0 radical (unpaired) electrons. The number of aryl methyl sites for hydroxylation is 1. The third-order valence-corrected chi connectivity index (χ3v) is 17.7. The smallest absolute Gasteiger partial charge is 1.00 e. The van der Waals surface area contributed by atoms with Gasteiger partial charge in [0, 0.05) is 0 Å². The molecule has 1 aliphatic carbocycles. The molecule has 0 N–H and O–H groups in total. The van der Waals surface area contributed by atoms with Gasteiger partial charge in [0.15, 0.2) is 0 Å². The number of rotatable bonds is 7. The van der Waals surface area contributed by atoms with Gasteiger partial charge in [-0.1, -0.05) is 120 Å². The first-order valence-corrected chi connectivity index (χ1v) is 17.3. The average Bonchev–Trinajstić information content (AvgIpc) is 2.84. The maximum absolute atomic E-state index is 4.09. The second kappa shape index (κ2) is 13.9. The Hall–Kier alpha value is 0.718. The summed E-state index contributed by atoms with van der Waals surface area (Å²) >= 11 is 0. The normalized spacial score (nSPS) is 21.4. The Labute approximate surface area is 241 Å². The SMILES string of the molecule is CCC(C)[Si](c1cc(C)cc([Si](C)(C)C)c1)(C(C)CC)C1(C)[C-]=C(C)C(C)=C1C.[Cl-].[Cl-].[Cl-].[Ti+4]. The molecule has 0 heterocycles. The molecule has 0 aliphatic heterocycles. The van der Waals surface area contributed by atoms with Crippen LogP contribution in [0.2, 0.25) is 35.8 Å². The maximum atomic E-state index is 4.09. The van der Waals surface area contributed by atoms with E-state index in [1.807, 2.05) is 0 Å². The topological polar surface area (TPSA) is 0 Å². The van der Waals surface area contributed by atoms with Crippen LogP contribution >= 0.6 is 0 Å². The van der Waals surface area contributed by atoms with E-state index in [2.05, 4.69) is 106 Å². The van der Waals surface area contributed by atoms with E-state index in [1.54, 1.807) is 15.9 Å². The molecule has 1 aliphatic rings. The number of hydrogen-bond donors (Lipinski definition) is 0. The molecule has 0 amide bonds. The number of allylic oxidation sites excluding steroid dienone is 4. The van der Waals surface area contributed by atoms with Crippen LogP contribution in [0, 0.1) is 13.0 Å². The average molecular weight is 580 g/mol. The second-order valence-corrected chi connectivity index (χ2v) is 21.3. The van der Waals surface area contributed by atoms with Gasteiger partial charge in [0.2, 0.25) is 0 Å². The molecule has 0 bridgehead atoms. The van der Waals surface area contributed by atoms with Gasteiger partial charge in [0.05, 0.1) is 16.1 Å². The summed E-state index contributed by atoms with van der Waals surface area (Å²) in [5.41, 5.74) is 7.31. The zero-order valence-corrected chi connectivity index (χ0v) is 28.8. The van der Waals surface area contributed by atoms with Crippen molar-refractivity contribution >= 4 is 26.5 Å². The van der Waals surface area contributed by atoms with Gasteiger partial charge >= 0.3 is 21.7 Å². The van der Waals surface area contributed by atoms with Crippen LogP contribution in [0.15, 0.2) is 34.9 Å². The molecule has 0 fully saturated rings. The van der Waals surface area contributed by atoms with Crippen molar-refractivity contribution in [3.8, 4) is 0 Å². The zero-order chi connectivity index (χ0) is 22.4. The molecular formula is C27H45Cl3Si2Ti. The van der Waals surface area contributed by atoms with E-state index in [0.717, 1.165) is 0 Å². The Morgan fingerprint density at radius 1 is 0.818 bits per heavy atom. The van der Waals surface area contributed by atoms with Crippen LogP contribution in [-0.2, 0) is 21.7 Å². The molecule has 186 valence electrons. The number of hydrogen-bond acceptors (Lipinski definition) is 0. The largest absolute Gasteiger partial charge is 4.00 e. The van der Waals surface area contributed by atoms with Gasteiger partial charge in [-0.2, -0.15) is 11.1 Å². The zero-order valence-electron chi connectivity index (χ0n) is 22.9. The molecule has 0 nitrogen and oxygen atoms in total. The molecule has 33 heavy (non-hydrogen) atoms. The summed E-state index contributed by atoms with van der Waals surface area (Å²) < 4.78 is 0. The van der Waals surface area contributed by atoms with Crippen LogP contribution in [0.4, 0.5) is 0 Å². The Morgan fingerprint density at radius 3 is 1.58 bits per heavy atom. The van der Waals surface area contributed by atoms with E-state index in [0.29, 0.717) is 11.1 Å². The fraction of sp³-hybridized carbons (Fsp3) is 0.630. The van der Waals surface area contributed by atoms with Gasteiger partial charge in [0.1, 0.15) is 0 Å². The van der Waals surface area contributed by atoms with E-state index in [1.165, 1.54) is 29.6 Å². The maximum Gasteiger partial charge on any atom is 4.00 e. The van der Waals surface area contributed by atoms with Crippen LogP contribution in [-0.4, -0.2) is 16.1 Å². The Bertz CT molecular complexity index is 832. The van der Waals surface area contributed by atoms with Gasteiger partial charge in [-0.25, -0.2) is 5.57 Å². The molecule has 0 saturated carbocycles. The molecule has 0 aromatic heterocycles. The van der Waals surface area contributed by atoms with E-state index in [-0.39, 0.29) is 64.0 Å². The summed E-state index contributed by atoms with van der Waals surface area (Å²) in [7, 11) is -3.41. The first kappa shape index (κ1) is 38.3. The van der Waals surface area contributed by atoms with Gasteiger partial charge in [-0.15, -0.1) is 6.92 Å². The van der Waals surface area contributed by atoms with Crippen molar-refractivity contribution in [2.45, 2.75) is 111 Å². The molecule has 3 atom stereocenters. The van der Waals surface area contributed by atoms with Gasteiger partial charge < -0.3 is 37.2 Å². The number of benzene rings is 1. The van der Waals surface area contributed by atoms with Crippen molar-refractivity contribution in [3.63, 3.8) is 0 Å². The van der Waals surface area contributed by atoms with Crippen LogP contribution in [0.5, 0.6) is 0 Å². The van der Waals surface area contributed by atoms with Crippen molar-refractivity contribution in [2.75, 3.05) is 0 Å². The third-order valence-electron chi connectivity index (χ3n) is 8.34. The third kappa shape index (κ3) is 6.54. The quantitative estimate of drug-likeness (QED) is 0.277. The molecule has 6 heteroatoms.